The second-order valence-corrected chi connectivity index (χ2v) is 4.06. The quantitative estimate of drug-likeness (QED) is 0.793. The Morgan fingerprint density at radius 3 is 3.07 bits per heavy atom. The van der Waals surface area contributed by atoms with E-state index in [0.717, 1.165) is 23.8 Å². The number of aromatic nitrogens is 3. The minimum Gasteiger partial charge on any atom is -0.333 e. The molecule has 3 rings (SSSR count). The summed E-state index contributed by atoms with van der Waals surface area (Å²) in [4.78, 5) is 9.22. The number of hydrogen-bond donors (Lipinski definition) is 1. The third-order valence-electron chi connectivity index (χ3n) is 2.23. The minimum atomic E-state index is 0.417. The maximum Gasteiger partial charge on any atom is 0.269 e. The molecule has 5 nitrogen and oxygen atoms in total. The predicted molar refractivity (Wildman–Crippen MR) is 51.0 cm³/mol. The van der Waals surface area contributed by atoms with Gasteiger partial charge in [-0.15, -0.1) is 11.3 Å². The van der Waals surface area contributed by atoms with Gasteiger partial charge < -0.3 is 9.84 Å². The van der Waals surface area contributed by atoms with Crippen LogP contribution >= 0.6 is 11.3 Å². The second-order valence-electron chi connectivity index (χ2n) is 3.18. The van der Waals surface area contributed by atoms with E-state index in [1.54, 1.807) is 11.7 Å². The Hall–Kier alpha value is -1.27. The Balaban J connectivity index is 1.90. The molecule has 0 amide bonds. The van der Waals surface area contributed by atoms with Gasteiger partial charge in [-0.25, -0.2) is 0 Å². The van der Waals surface area contributed by atoms with E-state index in [-0.39, 0.29) is 0 Å². The Kier molecular flexibility index (Phi) is 1.81. The zero-order chi connectivity index (χ0) is 9.38. The summed E-state index contributed by atoms with van der Waals surface area (Å²) >= 11 is 1.50. The summed E-state index contributed by atoms with van der Waals surface area (Å²) in [5.41, 5.74) is 1.75. The predicted octanol–water partition coefficient (Wildman–Crippen LogP) is 0.880. The van der Waals surface area contributed by atoms with Crippen LogP contribution < -0.4 is 5.32 Å². The van der Waals surface area contributed by atoms with Gasteiger partial charge in [-0.1, -0.05) is 5.16 Å². The maximum atomic E-state index is 5.15. The van der Waals surface area contributed by atoms with Crippen LogP contribution in [-0.2, 0) is 0 Å². The lowest BCUT2D eigenvalue weighted by Gasteiger charge is -2.23. The third-order valence-corrected chi connectivity index (χ3v) is 2.99. The van der Waals surface area contributed by atoms with Crippen molar-refractivity contribution >= 4 is 11.3 Å². The van der Waals surface area contributed by atoms with Crippen molar-refractivity contribution in [2.75, 3.05) is 13.1 Å². The van der Waals surface area contributed by atoms with E-state index in [9.17, 15) is 0 Å². The highest BCUT2D eigenvalue weighted by atomic mass is 32.1. The van der Waals surface area contributed by atoms with Crippen molar-refractivity contribution in [3.05, 3.63) is 17.5 Å². The molecule has 1 aliphatic rings. The molecule has 14 heavy (non-hydrogen) atoms. The molecule has 1 saturated heterocycles. The largest absolute Gasteiger partial charge is 0.333 e. The molecule has 0 bridgehead atoms. The molecule has 0 aliphatic carbocycles. The average Bonchev–Trinajstić information content (AvgIpc) is 2.65. The molecular weight excluding hydrogens is 200 g/mol. The average molecular weight is 208 g/mol. The van der Waals surface area contributed by atoms with Crippen molar-refractivity contribution in [3.8, 4) is 10.8 Å². The monoisotopic (exact) mass is 208 g/mol. The zero-order valence-electron chi connectivity index (χ0n) is 7.30. The Morgan fingerprint density at radius 1 is 1.50 bits per heavy atom. The molecule has 1 N–H and O–H groups in total. The Morgan fingerprint density at radius 2 is 2.43 bits per heavy atom. The van der Waals surface area contributed by atoms with E-state index in [1.807, 2.05) is 0 Å². The molecule has 2 aromatic rings. The van der Waals surface area contributed by atoms with Crippen LogP contribution in [0.1, 0.15) is 11.7 Å². The molecule has 0 spiro atoms. The van der Waals surface area contributed by atoms with Crippen molar-refractivity contribution in [1.82, 2.24) is 20.4 Å². The van der Waals surface area contributed by atoms with E-state index < -0.39 is 0 Å². The number of thiazole rings is 1. The fraction of sp³-hybridized carbons (Fsp3) is 0.375. The molecule has 0 saturated carbocycles. The summed E-state index contributed by atoms with van der Waals surface area (Å²) in [7, 11) is 0. The van der Waals surface area contributed by atoms with Gasteiger partial charge in [0.2, 0.25) is 0 Å². The molecule has 0 radical (unpaired) electrons. The first-order valence-electron chi connectivity index (χ1n) is 4.36. The van der Waals surface area contributed by atoms with Crippen molar-refractivity contribution in [2.24, 2.45) is 0 Å². The molecule has 0 aromatic carbocycles. The van der Waals surface area contributed by atoms with Gasteiger partial charge in [0.25, 0.3) is 5.89 Å². The first kappa shape index (κ1) is 8.07. The van der Waals surface area contributed by atoms with Gasteiger partial charge >= 0.3 is 0 Å². The smallest absolute Gasteiger partial charge is 0.269 e. The number of nitrogens with zero attached hydrogens (tertiary/aromatic N) is 3. The second kappa shape index (κ2) is 3.14. The van der Waals surface area contributed by atoms with Gasteiger partial charge in [-0.05, 0) is 0 Å². The van der Waals surface area contributed by atoms with Crippen LogP contribution in [0.2, 0.25) is 0 Å². The van der Waals surface area contributed by atoms with Crippen LogP contribution in [0.5, 0.6) is 0 Å². The molecule has 0 unspecified atom stereocenters. The first-order valence-corrected chi connectivity index (χ1v) is 5.24. The van der Waals surface area contributed by atoms with Crippen LogP contribution in [0.15, 0.2) is 16.2 Å². The molecular formula is C8H8N4OS. The van der Waals surface area contributed by atoms with Crippen molar-refractivity contribution in [3.63, 3.8) is 0 Å². The van der Waals surface area contributed by atoms with E-state index in [2.05, 4.69) is 20.4 Å². The van der Waals surface area contributed by atoms with Crippen LogP contribution in [-0.4, -0.2) is 28.2 Å². The minimum absolute atomic E-state index is 0.417. The molecule has 0 atom stereocenters. The zero-order valence-corrected chi connectivity index (χ0v) is 8.12. The van der Waals surface area contributed by atoms with Crippen LogP contribution in [0.25, 0.3) is 10.8 Å². The third kappa shape index (κ3) is 1.23. The Bertz CT molecular complexity index is 420. The summed E-state index contributed by atoms with van der Waals surface area (Å²) in [5, 5.41) is 7.12. The molecule has 6 heteroatoms. The number of rotatable bonds is 2. The molecule has 2 aromatic heterocycles. The summed E-state index contributed by atoms with van der Waals surface area (Å²) in [6.45, 7) is 1.89. The topological polar surface area (TPSA) is 63.8 Å². The summed E-state index contributed by atoms with van der Waals surface area (Å²) in [6.07, 6.45) is 1.74. The van der Waals surface area contributed by atoms with E-state index >= 15 is 0 Å². The highest BCUT2D eigenvalue weighted by molar-refractivity contribution is 7.13. The summed E-state index contributed by atoms with van der Waals surface area (Å²) in [5.74, 6) is 1.79. The molecule has 1 fully saturated rings. The normalized spacial score (nSPS) is 16.9. The van der Waals surface area contributed by atoms with E-state index in [1.165, 1.54) is 11.3 Å². The first-order chi connectivity index (χ1) is 6.93. The lowest BCUT2D eigenvalue weighted by molar-refractivity contribution is 0.382. The lowest BCUT2D eigenvalue weighted by Crippen LogP contribution is -2.40. The van der Waals surface area contributed by atoms with Crippen molar-refractivity contribution in [1.29, 1.82) is 0 Å². The van der Waals surface area contributed by atoms with Gasteiger partial charge in [0, 0.05) is 19.0 Å². The van der Waals surface area contributed by atoms with Crippen molar-refractivity contribution < 1.29 is 4.52 Å². The van der Waals surface area contributed by atoms with Gasteiger partial charge in [-0.3, -0.25) is 4.98 Å². The highest BCUT2D eigenvalue weighted by Crippen LogP contribution is 2.24. The van der Waals surface area contributed by atoms with Gasteiger partial charge in [-0.2, -0.15) is 4.98 Å². The fourth-order valence-corrected chi connectivity index (χ4v) is 1.83. The van der Waals surface area contributed by atoms with E-state index in [4.69, 9.17) is 4.52 Å². The van der Waals surface area contributed by atoms with Crippen molar-refractivity contribution in [2.45, 2.75) is 5.92 Å². The highest BCUT2D eigenvalue weighted by Gasteiger charge is 2.24. The van der Waals surface area contributed by atoms with E-state index in [0.29, 0.717) is 11.8 Å². The summed E-state index contributed by atoms with van der Waals surface area (Å²) in [6, 6.07) is 0. The maximum absolute atomic E-state index is 5.15. The fourth-order valence-electron chi connectivity index (χ4n) is 1.29. The number of hydrogen-bond acceptors (Lipinski definition) is 6. The van der Waals surface area contributed by atoms with Crippen LogP contribution in [0, 0.1) is 0 Å². The standard InChI is InChI=1S/C8H8N4OS/c1-5(2-9-1)7-11-8(13-12-7)6-3-10-4-14-6/h3-5,9H,1-2H2. The van der Waals surface area contributed by atoms with Crippen LogP contribution in [0.3, 0.4) is 0 Å². The van der Waals surface area contributed by atoms with Gasteiger partial charge in [0.05, 0.1) is 11.7 Å². The SMILES string of the molecule is c1ncc(-c2nc(C3CNC3)no2)s1. The van der Waals surface area contributed by atoms with Gasteiger partial charge in [0.15, 0.2) is 5.82 Å². The van der Waals surface area contributed by atoms with Gasteiger partial charge in [0.1, 0.15) is 4.88 Å². The molecule has 1 aliphatic heterocycles. The molecule has 72 valence electrons. The summed E-state index contributed by atoms with van der Waals surface area (Å²) < 4.78 is 5.15. The number of nitrogens with one attached hydrogen (secondary N) is 1. The lowest BCUT2D eigenvalue weighted by atomic mass is 10.0. The Labute approximate surface area is 84.2 Å². The van der Waals surface area contributed by atoms with Crippen LogP contribution in [0.4, 0.5) is 0 Å². The molecule has 3 heterocycles.